The molecule has 1 heterocycles. The van der Waals surface area contributed by atoms with Crippen molar-refractivity contribution < 1.29 is 28.6 Å². The van der Waals surface area contributed by atoms with Gasteiger partial charge in [0.25, 0.3) is 5.91 Å². The molecule has 1 saturated heterocycles. The number of methoxy groups -OCH3 is 3. The van der Waals surface area contributed by atoms with Gasteiger partial charge < -0.3 is 19.5 Å². The first-order valence-corrected chi connectivity index (χ1v) is 9.61. The molecular weight excluding hydrogens is 402 g/mol. The lowest BCUT2D eigenvalue weighted by atomic mass is 10.2. The van der Waals surface area contributed by atoms with Crippen LogP contribution in [0.25, 0.3) is 0 Å². The second kappa shape index (κ2) is 8.95. The molecule has 0 spiro atoms. The molecular formula is C22H25N3O6. The van der Waals surface area contributed by atoms with Gasteiger partial charge in [-0.3, -0.25) is 19.4 Å². The van der Waals surface area contributed by atoms with Gasteiger partial charge in [0.2, 0.25) is 11.7 Å². The molecule has 3 rings (SSSR count). The van der Waals surface area contributed by atoms with Crippen molar-refractivity contribution in [3.63, 3.8) is 0 Å². The fourth-order valence-corrected chi connectivity index (χ4v) is 3.41. The molecule has 0 radical (unpaired) electrons. The van der Waals surface area contributed by atoms with Gasteiger partial charge in [-0.2, -0.15) is 0 Å². The molecule has 0 aliphatic carbocycles. The first kappa shape index (κ1) is 21.9. The molecule has 9 heteroatoms. The summed E-state index contributed by atoms with van der Waals surface area (Å²) < 4.78 is 15.8. The normalized spacial score (nSPS) is 15.8. The molecule has 1 N–H and O–H groups in total. The van der Waals surface area contributed by atoms with Crippen LogP contribution in [0.5, 0.6) is 17.2 Å². The zero-order chi connectivity index (χ0) is 22.7. The molecule has 1 aliphatic heterocycles. The number of benzene rings is 2. The Bertz CT molecular complexity index is 980. The first-order chi connectivity index (χ1) is 14.8. The average molecular weight is 427 g/mol. The maximum atomic E-state index is 12.9. The maximum Gasteiger partial charge on any atom is 0.332 e. The topological polar surface area (TPSA) is 97.4 Å². The molecule has 2 aromatic rings. The molecule has 0 aromatic heterocycles. The van der Waals surface area contributed by atoms with E-state index in [0.29, 0.717) is 28.6 Å². The number of rotatable bonds is 7. The van der Waals surface area contributed by atoms with E-state index < -0.39 is 30.4 Å². The summed E-state index contributed by atoms with van der Waals surface area (Å²) >= 11 is 0. The highest BCUT2D eigenvalue weighted by atomic mass is 16.5. The van der Waals surface area contributed by atoms with Crippen LogP contribution in [-0.2, 0) is 9.59 Å². The molecule has 1 unspecified atom stereocenters. The number of carbonyl (C=O) groups excluding carboxylic acids is 3. The van der Waals surface area contributed by atoms with E-state index in [1.54, 1.807) is 31.2 Å². The number of aryl methyl sites for hydroxylation is 1. The number of amides is 4. The number of hydrogen-bond acceptors (Lipinski definition) is 6. The molecule has 1 atom stereocenters. The number of imide groups is 1. The van der Waals surface area contributed by atoms with Gasteiger partial charge in [0, 0.05) is 23.5 Å². The average Bonchev–Trinajstić information content (AvgIpc) is 2.96. The molecule has 0 bridgehead atoms. The fourth-order valence-electron chi connectivity index (χ4n) is 3.41. The van der Waals surface area contributed by atoms with Crippen molar-refractivity contribution in [2.24, 2.45) is 0 Å². The maximum absolute atomic E-state index is 12.9. The molecule has 1 fully saturated rings. The van der Waals surface area contributed by atoms with Crippen molar-refractivity contribution >= 4 is 29.2 Å². The van der Waals surface area contributed by atoms with E-state index in [4.69, 9.17) is 14.2 Å². The largest absolute Gasteiger partial charge is 0.493 e. The summed E-state index contributed by atoms with van der Waals surface area (Å²) in [6.45, 7) is 3.15. The van der Waals surface area contributed by atoms with E-state index in [9.17, 15) is 14.4 Å². The standard InChI is InChI=1S/C22H25N3O6/c1-13-6-8-16(9-7-13)25-14(2)21(27)24(22(25)28)12-19(26)23-15-10-17(29-3)20(31-5)18(11-15)30-4/h6-11,14H,12H2,1-5H3,(H,23,26). The van der Waals surface area contributed by atoms with Crippen LogP contribution in [-0.4, -0.2) is 56.7 Å². The quantitative estimate of drug-likeness (QED) is 0.683. The van der Waals surface area contributed by atoms with E-state index in [1.165, 1.54) is 26.2 Å². The smallest absolute Gasteiger partial charge is 0.332 e. The molecule has 9 nitrogen and oxygen atoms in total. The molecule has 1 aliphatic rings. The zero-order valence-corrected chi connectivity index (χ0v) is 18.1. The van der Waals surface area contributed by atoms with Crippen LogP contribution < -0.4 is 24.4 Å². The highest BCUT2D eigenvalue weighted by Gasteiger charge is 2.44. The predicted molar refractivity (Wildman–Crippen MR) is 115 cm³/mol. The van der Waals surface area contributed by atoms with E-state index in [-0.39, 0.29) is 0 Å². The lowest BCUT2D eigenvalue weighted by Crippen LogP contribution is -2.39. The summed E-state index contributed by atoms with van der Waals surface area (Å²) in [5.41, 5.74) is 2.02. The van der Waals surface area contributed by atoms with Gasteiger partial charge in [-0.15, -0.1) is 0 Å². The van der Waals surface area contributed by atoms with Gasteiger partial charge in [-0.1, -0.05) is 17.7 Å². The summed E-state index contributed by atoms with van der Waals surface area (Å²) in [4.78, 5) is 40.5. The van der Waals surface area contributed by atoms with Crippen molar-refractivity contribution in [3.8, 4) is 17.2 Å². The molecule has 31 heavy (non-hydrogen) atoms. The van der Waals surface area contributed by atoms with Crippen molar-refractivity contribution in [3.05, 3.63) is 42.0 Å². The van der Waals surface area contributed by atoms with E-state index in [2.05, 4.69) is 5.32 Å². The minimum atomic E-state index is -0.704. The highest BCUT2D eigenvalue weighted by molar-refractivity contribution is 6.16. The number of anilines is 2. The monoisotopic (exact) mass is 427 g/mol. The Hall–Kier alpha value is -3.75. The third-order valence-corrected chi connectivity index (χ3v) is 5.01. The summed E-state index contributed by atoms with van der Waals surface area (Å²) in [6, 6.07) is 9.15. The van der Waals surface area contributed by atoms with E-state index in [0.717, 1.165) is 10.5 Å². The summed E-state index contributed by atoms with van der Waals surface area (Å²) in [5.74, 6) is 0.143. The van der Waals surface area contributed by atoms with Crippen molar-refractivity contribution in [2.75, 3.05) is 38.1 Å². The SMILES string of the molecule is COc1cc(NC(=O)CN2C(=O)C(C)N(c3ccc(C)cc3)C2=O)cc(OC)c1OC. The first-order valence-electron chi connectivity index (χ1n) is 9.61. The van der Waals surface area contributed by atoms with Crippen molar-refractivity contribution in [1.29, 1.82) is 0 Å². The molecule has 2 aromatic carbocycles. The van der Waals surface area contributed by atoms with Crippen LogP contribution in [0.4, 0.5) is 16.2 Å². The third-order valence-electron chi connectivity index (χ3n) is 5.01. The van der Waals surface area contributed by atoms with E-state index >= 15 is 0 Å². The Balaban J connectivity index is 1.77. The lowest BCUT2D eigenvalue weighted by molar-refractivity contribution is -0.130. The predicted octanol–water partition coefficient (Wildman–Crippen LogP) is 2.82. The summed E-state index contributed by atoms with van der Waals surface area (Å²) in [6.07, 6.45) is 0. The Morgan fingerprint density at radius 2 is 1.58 bits per heavy atom. The Labute approximate surface area is 180 Å². The highest BCUT2D eigenvalue weighted by Crippen LogP contribution is 2.40. The van der Waals surface area contributed by atoms with Gasteiger partial charge in [0.1, 0.15) is 12.6 Å². The van der Waals surface area contributed by atoms with Crippen LogP contribution in [0.15, 0.2) is 36.4 Å². The van der Waals surface area contributed by atoms with Gasteiger partial charge in [-0.05, 0) is 26.0 Å². The van der Waals surface area contributed by atoms with Crippen molar-refractivity contribution in [2.45, 2.75) is 19.9 Å². The zero-order valence-electron chi connectivity index (χ0n) is 18.1. The number of carbonyl (C=O) groups is 3. The Morgan fingerprint density at radius 1 is 1.00 bits per heavy atom. The Kier molecular flexibility index (Phi) is 6.33. The summed E-state index contributed by atoms with van der Waals surface area (Å²) in [7, 11) is 4.40. The van der Waals surface area contributed by atoms with Crippen LogP contribution >= 0.6 is 0 Å². The minimum absolute atomic E-state index is 0.365. The number of urea groups is 1. The second-order valence-electron chi connectivity index (χ2n) is 7.05. The molecule has 4 amide bonds. The van der Waals surface area contributed by atoms with Gasteiger partial charge in [-0.25, -0.2) is 4.79 Å². The van der Waals surface area contributed by atoms with Crippen LogP contribution in [0.1, 0.15) is 12.5 Å². The van der Waals surface area contributed by atoms with Gasteiger partial charge in [0.15, 0.2) is 11.5 Å². The molecule has 164 valence electrons. The molecule has 0 saturated carbocycles. The number of ether oxygens (including phenoxy) is 3. The lowest BCUT2D eigenvalue weighted by Gasteiger charge is -2.19. The summed E-state index contributed by atoms with van der Waals surface area (Å²) in [5, 5.41) is 2.67. The number of nitrogens with zero attached hydrogens (tertiary/aromatic N) is 2. The van der Waals surface area contributed by atoms with Gasteiger partial charge in [0.05, 0.1) is 21.3 Å². The van der Waals surface area contributed by atoms with Crippen LogP contribution in [0, 0.1) is 6.92 Å². The Morgan fingerprint density at radius 3 is 2.10 bits per heavy atom. The number of nitrogens with one attached hydrogen (secondary N) is 1. The van der Waals surface area contributed by atoms with Crippen LogP contribution in [0.2, 0.25) is 0 Å². The van der Waals surface area contributed by atoms with Gasteiger partial charge >= 0.3 is 6.03 Å². The van der Waals surface area contributed by atoms with Crippen molar-refractivity contribution in [1.82, 2.24) is 4.90 Å². The van der Waals surface area contributed by atoms with E-state index in [1.807, 2.05) is 19.1 Å². The number of hydrogen-bond donors (Lipinski definition) is 1. The van der Waals surface area contributed by atoms with Crippen LogP contribution in [0.3, 0.4) is 0 Å². The minimum Gasteiger partial charge on any atom is -0.493 e. The fraction of sp³-hybridized carbons (Fsp3) is 0.318. The second-order valence-corrected chi connectivity index (χ2v) is 7.05. The third kappa shape index (κ3) is 4.25.